The summed E-state index contributed by atoms with van der Waals surface area (Å²) >= 11 is 6.08. The predicted octanol–water partition coefficient (Wildman–Crippen LogP) is 1.58. The fourth-order valence-corrected chi connectivity index (χ4v) is 0.957. The van der Waals surface area contributed by atoms with Gasteiger partial charge in [-0.25, -0.2) is 4.79 Å². The van der Waals surface area contributed by atoms with Gasteiger partial charge in [0.1, 0.15) is 11.4 Å². The molecule has 0 saturated heterocycles. The molecule has 0 aromatic heterocycles. The summed E-state index contributed by atoms with van der Waals surface area (Å²) in [5.41, 5.74) is 4.53. The minimum absolute atomic E-state index is 0.384. The highest BCUT2D eigenvalue weighted by atomic mass is 79.9. The van der Waals surface area contributed by atoms with Gasteiger partial charge in [-0.3, -0.25) is 0 Å². The molecule has 0 aliphatic rings. The quantitative estimate of drug-likeness (QED) is 0.512. The highest BCUT2D eigenvalue weighted by Gasteiger charge is 2.12. The van der Waals surface area contributed by atoms with Gasteiger partial charge < -0.3 is 10.5 Å². The van der Waals surface area contributed by atoms with E-state index in [4.69, 9.17) is 4.74 Å². The molecule has 0 aliphatic heterocycles. The molecule has 0 amide bonds. The van der Waals surface area contributed by atoms with E-state index in [1.54, 1.807) is 18.2 Å². The van der Waals surface area contributed by atoms with Gasteiger partial charge >= 0.3 is 5.97 Å². The van der Waals surface area contributed by atoms with E-state index in [0.29, 0.717) is 5.75 Å². The zero-order valence-corrected chi connectivity index (χ0v) is 9.84. The number of alkyl halides is 2. The largest absolute Gasteiger partial charge is 0.425 e. The van der Waals surface area contributed by atoms with Crippen LogP contribution >= 0.6 is 31.9 Å². The number of rotatable bonds is 2. The summed E-state index contributed by atoms with van der Waals surface area (Å²) in [6.07, 6.45) is 0. The van der Waals surface area contributed by atoms with Gasteiger partial charge in [-0.2, -0.15) is 0 Å². The summed E-state index contributed by atoms with van der Waals surface area (Å²) in [6.45, 7) is 0. The van der Waals surface area contributed by atoms with Gasteiger partial charge in [0.15, 0.2) is 3.74 Å². The third-order valence-electron chi connectivity index (χ3n) is 1.30. The van der Waals surface area contributed by atoms with Crippen LogP contribution in [0.25, 0.3) is 0 Å². The molecule has 0 heterocycles. The lowest BCUT2D eigenvalue weighted by atomic mass is 10.3. The van der Waals surface area contributed by atoms with E-state index in [1.165, 1.54) is 0 Å². The van der Waals surface area contributed by atoms with Crippen LogP contribution in [-0.2, 0) is 4.79 Å². The first-order valence-electron chi connectivity index (χ1n) is 3.51. The molecule has 0 unspecified atom stereocenters. The Labute approximate surface area is 92.5 Å². The number of halogens is 2. The van der Waals surface area contributed by atoms with Crippen LogP contribution in [0.2, 0.25) is 0 Å². The summed E-state index contributed by atoms with van der Waals surface area (Å²) < 4.78 is 4.51. The molecule has 3 N–H and O–H groups in total. The Morgan fingerprint density at radius 2 is 2.15 bits per heavy atom. The first kappa shape index (κ1) is 10.7. The van der Waals surface area contributed by atoms with Crippen LogP contribution < -0.4 is 10.5 Å². The predicted molar refractivity (Wildman–Crippen MR) is 56.3 cm³/mol. The minimum atomic E-state index is -0.478. The fourth-order valence-electron chi connectivity index (χ4n) is 0.770. The van der Waals surface area contributed by atoms with E-state index >= 15 is 0 Å². The maximum atomic E-state index is 11.1. The Hall–Kier alpha value is -0.390. The molecule has 1 rings (SSSR count). The Kier molecular flexibility index (Phi) is 3.90. The Balaban J connectivity index is 2.69. The average Bonchev–Trinajstić information content (AvgIpc) is 2.04. The van der Waals surface area contributed by atoms with Gasteiger partial charge in [0.2, 0.25) is 0 Å². The summed E-state index contributed by atoms with van der Waals surface area (Å²) in [7, 11) is 0. The van der Waals surface area contributed by atoms with Crippen molar-refractivity contribution in [1.29, 1.82) is 0 Å². The second kappa shape index (κ2) is 4.74. The monoisotopic (exact) mass is 308 g/mol. The molecule has 3 nitrogen and oxygen atoms in total. The van der Waals surface area contributed by atoms with Crippen molar-refractivity contribution in [2.24, 2.45) is 0 Å². The highest BCUT2D eigenvalue weighted by Crippen LogP contribution is 2.17. The van der Waals surface area contributed by atoms with Crippen LogP contribution in [0, 0.1) is 0 Å². The summed E-state index contributed by atoms with van der Waals surface area (Å²) in [5, 5.41) is 0. The number of quaternary nitrogens is 1. The summed E-state index contributed by atoms with van der Waals surface area (Å²) in [5.74, 6) is 0.118. The van der Waals surface area contributed by atoms with Crippen molar-refractivity contribution in [2.75, 3.05) is 0 Å². The number of benzene rings is 1. The zero-order valence-electron chi connectivity index (χ0n) is 6.67. The van der Waals surface area contributed by atoms with Gasteiger partial charge in [-0.05, 0) is 12.1 Å². The van der Waals surface area contributed by atoms with E-state index in [2.05, 4.69) is 37.6 Å². The first-order valence-corrected chi connectivity index (χ1v) is 5.34. The number of hydrogen-bond donors (Lipinski definition) is 1. The second-order valence-electron chi connectivity index (χ2n) is 2.37. The van der Waals surface area contributed by atoms with Gasteiger partial charge in [-0.1, -0.05) is 37.9 Å². The Morgan fingerprint density at radius 1 is 1.46 bits per heavy atom. The molecule has 0 atom stereocenters. The Bertz CT molecular complexity index is 315. The SMILES string of the molecule is [NH3+]c1cccc(OC(=O)C(Br)Br)c1. The maximum absolute atomic E-state index is 11.1. The van der Waals surface area contributed by atoms with Crippen LogP contribution in [0.15, 0.2) is 24.3 Å². The lowest BCUT2D eigenvalue weighted by molar-refractivity contribution is -0.254. The molecule has 0 saturated carbocycles. The molecule has 5 heteroatoms. The fraction of sp³-hybridized carbons (Fsp3) is 0.125. The zero-order chi connectivity index (χ0) is 9.84. The molecule has 0 fully saturated rings. The first-order chi connectivity index (χ1) is 6.09. The summed E-state index contributed by atoms with van der Waals surface area (Å²) in [6, 6.07) is 7.01. The molecular weight excluding hydrogens is 302 g/mol. The van der Waals surface area contributed by atoms with Gasteiger partial charge in [-0.15, -0.1) is 0 Å². The van der Waals surface area contributed by atoms with Gasteiger partial charge in [0.25, 0.3) is 0 Å². The molecular formula is C8H8Br2NO2+. The lowest BCUT2D eigenvalue weighted by Gasteiger charge is -2.03. The number of esters is 1. The van der Waals surface area contributed by atoms with Crippen LogP contribution in [0.4, 0.5) is 5.69 Å². The molecule has 13 heavy (non-hydrogen) atoms. The lowest BCUT2D eigenvalue weighted by Crippen LogP contribution is -2.39. The van der Waals surface area contributed by atoms with Crippen LogP contribution in [0.5, 0.6) is 5.75 Å². The molecule has 0 bridgehead atoms. The molecule has 1 aromatic rings. The van der Waals surface area contributed by atoms with E-state index < -0.39 is 3.74 Å². The van der Waals surface area contributed by atoms with Crippen LogP contribution in [-0.4, -0.2) is 9.71 Å². The van der Waals surface area contributed by atoms with Crippen molar-refractivity contribution >= 4 is 43.5 Å². The van der Waals surface area contributed by atoms with Crippen molar-refractivity contribution in [3.8, 4) is 5.75 Å². The standard InChI is InChI=1S/C8H7Br2NO2/c9-7(10)8(12)13-6-3-1-2-5(11)4-6/h1-4,7H,11H2/p+1. The van der Waals surface area contributed by atoms with Crippen LogP contribution in [0.1, 0.15) is 0 Å². The van der Waals surface area contributed by atoms with Crippen molar-refractivity contribution in [3.63, 3.8) is 0 Å². The van der Waals surface area contributed by atoms with E-state index in [-0.39, 0.29) is 5.97 Å². The number of hydrogen-bond acceptors (Lipinski definition) is 2. The molecule has 0 spiro atoms. The smallest absolute Gasteiger partial charge is 0.336 e. The average molecular weight is 310 g/mol. The molecule has 0 radical (unpaired) electrons. The third kappa shape index (κ3) is 3.46. The van der Waals surface area contributed by atoms with E-state index in [0.717, 1.165) is 5.69 Å². The van der Waals surface area contributed by atoms with Gasteiger partial charge in [0.05, 0.1) is 0 Å². The van der Waals surface area contributed by atoms with Crippen molar-refractivity contribution in [3.05, 3.63) is 24.3 Å². The van der Waals surface area contributed by atoms with Gasteiger partial charge in [0, 0.05) is 6.07 Å². The number of ether oxygens (including phenoxy) is 1. The maximum Gasteiger partial charge on any atom is 0.336 e. The van der Waals surface area contributed by atoms with E-state index in [9.17, 15) is 4.79 Å². The highest BCUT2D eigenvalue weighted by molar-refractivity contribution is 9.25. The number of carbonyl (C=O) groups excluding carboxylic acids is 1. The van der Waals surface area contributed by atoms with Crippen LogP contribution in [0.3, 0.4) is 0 Å². The molecule has 0 aliphatic carbocycles. The Morgan fingerprint density at radius 3 is 2.69 bits per heavy atom. The topological polar surface area (TPSA) is 53.9 Å². The van der Waals surface area contributed by atoms with Crippen molar-refractivity contribution in [2.45, 2.75) is 3.74 Å². The second-order valence-corrected chi connectivity index (χ2v) is 5.43. The third-order valence-corrected chi connectivity index (χ3v) is 2.04. The number of carbonyl (C=O) groups is 1. The normalized spacial score (nSPS) is 10.2. The molecule has 1 aromatic carbocycles. The molecule has 70 valence electrons. The minimum Gasteiger partial charge on any atom is -0.425 e. The summed E-state index contributed by atoms with van der Waals surface area (Å²) in [4.78, 5) is 11.1. The van der Waals surface area contributed by atoms with Crippen molar-refractivity contribution in [1.82, 2.24) is 0 Å². The van der Waals surface area contributed by atoms with Crippen molar-refractivity contribution < 1.29 is 15.3 Å². The van der Waals surface area contributed by atoms with E-state index in [1.807, 2.05) is 6.07 Å².